The van der Waals surface area contributed by atoms with Gasteiger partial charge in [-0.3, -0.25) is 4.98 Å². The molecule has 2 aromatic rings. The Labute approximate surface area is 111 Å². The lowest BCUT2D eigenvalue weighted by atomic mass is 10.3. The first kappa shape index (κ1) is 13.5. The Bertz CT molecular complexity index is 560. The summed E-state index contributed by atoms with van der Waals surface area (Å²) in [4.78, 5) is 10.9. The van der Waals surface area contributed by atoms with Gasteiger partial charge in [0.15, 0.2) is 5.69 Å². The maximum absolute atomic E-state index is 12.5. The van der Waals surface area contributed by atoms with Gasteiger partial charge in [0.2, 0.25) is 5.95 Å². The first-order valence-electron chi connectivity index (χ1n) is 5.20. The minimum Gasteiger partial charge on any atom is -0.350 e. The summed E-state index contributed by atoms with van der Waals surface area (Å²) >= 11 is 5.54. The molecule has 0 amide bonds. The molecule has 100 valence electrons. The van der Waals surface area contributed by atoms with E-state index in [1.807, 2.05) is 0 Å². The van der Waals surface area contributed by atoms with Gasteiger partial charge in [-0.05, 0) is 17.7 Å². The smallest absolute Gasteiger partial charge is 0.350 e. The zero-order chi connectivity index (χ0) is 13.9. The summed E-state index contributed by atoms with van der Waals surface area (Å²) in [6, 6.07) is 4.13. The number of alkyl halides is 3. The molecule has 0 spiro atoms. The van der Waals surface area contributed by atoms with E-state index in [1.54, 1.807) is 24.5 Å². The Kier molecular flexibility index (Phi) is 3.84. The van der Waals surface area contributed by atoms with E-state index < -0.39 is 11.9 Å². The van der Waals surface area contributed by atoms with Crippen molar-refractivity contribution < 1.29 is 13.2 Å². The zero-order valence-corrected chi connectivity index (χ0v) is 10.2. The highest BCUT2D eigenvalue weighted by molar-refractivity contribution is 6.29. The van der Waals surface area contributed by atoms with E-state index in [4.69, 9.17) is 11.6 Å². The van der Waals surface area contributed by atoms with E-state index >= 15 is 0 Å². The highest BCUT2D eigenvalue weighted by atomic mass is 35.5. The first-order chi connectivity index (χ1) is 8.95. The molecule has 0 bridgehead atoms. The van der Waals surface area contributed by atoms with Gasteiger partial charge in [-0.15, -0.1) is 0 Å². The fourth-order valence-corrected chi connectivity index (χ4v) is 1.51. The standard InChI is InChI=1S/C11H8ClF3N4/c12-9-5-8(11(13,14)15)18-10(19-9)17-6-7-1-3-16-4-2-7/h1-5H,6H2,(H,17,18,19). The molecule has 19 heavy (non-hydrogen) atoms. The van der Waals surface area contributed by atoms with Crippen LogP contribution in [-0.2, 0) is 12.7 Å². The van der Waals surface area contributed by atoms with Crippen molar-refractivity contribution >= 4 is 17.5 Å². The van der Waals surface area contributed by atoms with Crippen LogP contribution in [0.4, 0.5) is 19.1 Å². The van der Waals surface area contributed by atoms with Crippen LogP contribution in [0.5, 0.6) is 0 Å². The van der Waals surface area contributed by atoms with Gasteiger partial charge in [0.05, 0.1) is 0 Å². The number of nitrogens with zero attached hydrogens (tertiary/aromatic N) is 3. The van der Waals surface area contributed by atoms with Crippen molar-refractivity contribution in [1.29, 1.82) is 0 Å². The van der Waals surface area contributed by atoms with Crippen LogP contribution in [0.25, 0.3) is 0 Å². The third-order valence-electron chi connectivity index (χ3n) is 2.19. The summed E-state index contributed by atoms with van der Waals surface area (Å²) in [5.41, 5.74) is -0.239. The second kappa shape index (κ2) is 5.40. The van der Waals surface area contributed by atoms with Gasteiger partial charge in [-0.25, -0.2) is 9.97 Å². The fourth-order valence-electron chi connectivity index (χ4n) is 1.32. The average molecular weight is 289 g/mol. The summed E-state index contributed by atoms with van der Waals surface area (Å²) in [5, 5.41) is 2.42. The largest absolute Gasteiger partial charge is 0.433 e. The van der Waals surface area contributed by atoms with E-state index in [0.29, 0.717) is 6.07 Å². The van der Waals surface area contributed by atoms with E-state index in [0.717, 1.165) is 5.56 Å². The molecular formula is C11H8ClF3N4. The molecule has 8 heteroatoms. The van der Waals surface area contributed by atoms with Gasteiger partial charge in [-0.1, -0.05) is 11.6 Å². The first-order valence-corrected chi connectivity index (χ1v) is 5.57. The SMILES string of the molecule is FC(F)(F)c1cc(Cl)nc(NCc2ccncc2)n1. The summed E-state index contributed by atoms with van der Waals surface area (Å²) in [6.07, 6.45) is -1.40. The normalized spacial score (nSPS) is 11.4. The highest BCUT2D eigenvalue weighted by Crippen LogP contribution is 2.29. The summed E-state index contributed by atoms with van der Waals surface area (Å²) in [7, 11) is 0. The molecule has 0 saturated heterocycles. The van der Waals surface area contributed by atoms with Crippen LogP contribution in [0.15, 0.2) is 30.6 Å². The molecule has 0 aromatic carbocycles. The number of hydrogen-bond donors (Lipinski definition) is 1. The molecule has 0 atom stereocenters. The van der Waals surface area contributed by atoms with Gasteiger partial charge in [0, 0.05) is 25.0 Å². The van der Waals surface area contributed by atoms with Crippen LogP contribution in [0, 0.1) is 0 Å². The van der Waals surface area contributed by atoms with Crippen molar-refractivity contribution in [3.05, 3.63) is 47.0 Å². The van der Waals surface area contributed by atoms with Crippen molar-refractivity contribution in [2.24, 2.45) is 0 Å². The van der Waals surface area contributed by atoms with E-state index in [-0.39, 0.29) is 17.6 Å². The average Bonchev–Trinajstić information content (AvgIpc) is 2.36. The van der Waals surface area contributed by atoms with Crippen LogP contribution in [0.2, 0.25) is 5.15 Å². The zero-order valence-electron chi connectivity index (χ0n) is 9.45. The Balaban J connectivity index is 2.15. The number of halogens is 4. The lowest BCUT2D eigenvalue weighted by Crippen LogP contribution is -2.12. The molecule has 2 aromatic heterocycles. The van der Waals surface area contributed by atoms with E-state index in [9.17, 15) is 13.2 Å². The molecule has 0 saturated carbocycles. The number of anilines is 1. The third kappa shape index (κ3) is 3.78. The Morgan fingerprint density at radius 2 is 1.84 bits per heavy atom. The maximum Gasteiger partial charge on any atom is 0.433 e. The summed E-state index contributed by atoms with van der Waals surface area (Å²) in [6.45, 7) is 0.278. The van der Waals surface area contributed by atoms with Gasteiger partial charge in [0.1, 0.15) is 5.15 Å². The van der Waals surface area contributed by atoms with Gasteiger partial charge < -0.3 is 5.32 Å². The lowest BCUT2D eigenvalue weighted by Gasteiger charge is -2.09. The number of hydrogen-bond acceptors (Lipinski definition) is 4. The molecule has 0 radical (unpaired) electrons. The van der Waals surface area contributed by atoms with Gasteiger partial charge in [0.25, 0.3) is 0 Å². The topological polar surface area (TPSA) is 50.7 Å². The van der Waals surface area contributed by atoms with E-state index in [1.165, 1.54) is 0 Å². The monoisotopic (exact) mass is 288 g/mol. The van der Waals surface area contributed by atoms with Crippen molar-refractivity contribution in [3.8, 4) is 0 Å². The molecule has 1 N–H and O–H groups in total. The van der Waals surface area contributed by atoms with Crippen molar-refractivity contribution in [1.82, 2.24) is 15.0 Å². The second-order valence-electron chi connectivity index (χ2n) is 3.61. The third-order valence-corrected chi connectivity index (χ3v) is 2.38. The van der Waals surface area contributed by atoms with Gasteiger partial charge >= 0.3 is 6.18 Å². The number of rotatable bonds is 3. The van der Waals surface area contributed by atoms with Crippen LogP contribution < -0.4 is 5.32 Å². The Morgan fingerprint density at radius 1 is 1.16 bits per heavy atom. The molecule has 0 unspecified atom stereocenters. The Hall–Kier alpha value is -1.89. The van der Waals surface area contributed by atoms with Crippen molar-refractivity contribution in [2.75, 3.05) is 5.32 Å². The summed E-state index contributed by atoms with van der Waals surface area (Å²) < 4.78 is 37.6. The van der Waals surface area contributed by atoms with Crippen molar-refractivity contribution in [2.45, 2.75) is 12.7 Å². The van der Waals surface area contributed by atoms with Crippen LogP contribution >= 0.6 is 11.6 Å². The predicted molar refractivity (Wildman–Crippen MR) is 63.6 cm³/mol. The van der Waals surface area contributed by atoms with Crippen LogP contribution in [0.1, 0.15) is 11.3 Å². The molecule has 2 heterocycles. The second-order valence-corrected chi connectivity index (χ2v) is 3.99. The number of pyridine rings is 1. The highest BCUT2D eigenvalue weighted by Gasteiger charge is 2.33. The molecule has 0 aliphatic heterocycles. The Morgan fingerprint density at radius 3 is 2.47 bits per heavy atom. The van der Waals surface area contributed by atoms with E-state index in [2.05, 4.69) is 20.3 Å². The summed E-state index contributed by atoms with van der Waals surface area (Å²) in [5.74, 6) is -0.170. The minimum atomic E-state index is -4.56. The van der Waals surface area contributed by atoms with Crippen molar-refractivity contribution in [3.63, 3.8) is 0 Å². The molecule has 2 rings (SSSR count). The predicted octanol–water partition coefficient (Wildman–Crippen LogP) is 3.16. The van der Waals surface area contributed by atoms with Crippen LogP contribution in [0.3, 0.4) is 0 Å². The molecule has 0 aliphatic carbocycles. The fraction of sp³-hybridized carbons (Fsp3) is 0.182. The molecule has 4 nitrogen and oxygen atoms in total. The molecule has 0 aliphatic rings. The number of nitrogens with one attached hydrogen (secondary N) is 1. The maximum atomic E-state index is 12.5. The number of aromatic nitrogens is 3. The quantitative estimate of drug-likeness (QED) is 0.882. The molecular weight excluding hydrogens is 281 g/mol. The van der Waals surface area contributed by atoms with Crippen LogP contribution in [-0.4, -0.2) is 15.0 Å². The molecule has 0 fully saturated rings. The van der Waals surface area contributed by atoms with Gasteiger partial charge in [-0.2, -0.15) is 13.2 Å². The minimum absolute atomic E-state index is 0.170. The lowest BCUT2D eigenvalue weighted by molar-refractivity contribution is -0.141.